The molecular formula is C11H13N3O4. The number of ether oxygens (including phenoxy) is 1. The molecule has 0 bridgehead atoms. The van der Waals surface area contributed by atoms with E-state index in [-0.39, 0.29) is 24.7 Å². The Labute approximate surface area is 103 Å². The third kappa shape index (κ3) is 1.86. The first kappa shape index (κ1) is 11.2. The van der Waals surface area contributed by atoms with Crippen molar-refractivity contribution in [3.05, 3.63) is 11.8 Å². The average Bonchev–Trinajstić information content (AvgIpc) is 2.87. The molecule has 2 aliphatic rings. The van der Waals surface area contributed by atoms with Crippen LogP contribution in [0, 0.1) is 0 Å². The molecule has 0 radical (unpaired) electrons. The fourth-order valence-corrected chi connectivity index (χ4v) is 2.35. The quantitative estimate of drug-likeness (QED) is 0.751. The average molecular weight is 251 g/mol. The molecule has 2 atom stereocenters. The van der Waals surface area contributed by atoms with Crippen LogP contribution in [-0.2, 0) is 16.1 Å². The predicted octanol–water partition coefficient (Wildman–Crippen LogP) is -0.278. The number of hydrogen-bond donors (Lipinski definition) is 2. The van der Waals surface area contributed by atoms with E-state index in [1.807, 2.05) is 0 Å². The summed E-state index contributed by atoms with van der Waals surface area (Å²) in [7, 11) is 0. The van der Waals surface area contributed by atoms with Gasteiger partial charge in [0.25, 0.3) is 0 Å². The summed E-state index contributed by atoms with van der Waals surface area (Å²) < 4.78 is 7.07. The van der Waals surface area contributed by atoms with E-state index in [4.69, 9.17) is 9.84 Å². The SMILES string of the molecule is O=C1CC(C(=O)O)NC(c2cc3n(n2)CCO3)C1. The first-order valence-electron chi connectivity index (χ1n) is 5.84. The van der Waals surface area contributed by atoms with E-state index in [0.717, 1.165) is 0 Å². The van der Waals surface area contributed by atoms with Gasteiger partial charge in [-0.15, -0.1) is 0 Å². The second-order valence-corrected chi connectivity index (χ2v) is 4.54. The van der Waals surface area contributed by atoms with Crippen LogP contribution >= 0.6 is 0 Å². The highest BCUT2D eigenvalue weighted by atomic mass is 16.5. The van der Waals surface area contributed by atoms with E-state index < -0.39 is 12.0 Å². The predicted molar refractivity (Wildman–Crippen MR) is 59.3 cm³/mol. The number of hydrogen-bond acceptors (Lipinski definition) is 5. The van der Waals surface area contributed by atoms with Gasteiger partial charge in [0.05, 0.1) is 18.3 Å². The van der Waals surface area contributed by atoms with E-state index >= 15 is 0 Å². The van der Waals surface area contributed by atoms with Crippen LogP contribution in [0.3, 0.4) is 0 Å². The normalized spacial score (nSPS) is 26.8. The lowest BCUT2D eigenvalue weighted by atomic mass is 9.95. The second-order valence-electron chi connectivity index (χ2n) is 4.54. The third-order valence-corrected chi connectivity index (χ3v) is 3.24. The zero-order chi connectivity index (χ0) is 12.7. The Kier molecular flexibility index (Phi) is 2.55. The summed E-state index contributed by atoms with van der Waals surface area (Å²) in [6.45, 7) is 1.30. The van der Waals surface area contributed by atoms with Gasteiger partial charge in [0, 0.05) is 18.9 Å². The Balaban J connectivity index is 1.82. The summed E-state index contributed by atoms with van der Waals surface area (Å²) in [5, 5.41) is 16.2. The monoisotopic (exact) mass is 251 g/mol. The molecule has 0 amide bonds. The van der Waals surface area contributed by atoms with Gasteiger partial charge < -0.3 is 9.84 Å². The van der Waals surface area contributed by atoms with Crippen LogP contribution in [0.2, 0.25) is 0 Å². The number of piperidine rings is 1. The van der Waals surface area contributed by atoms with Gasteiger partial charge in [-0.25, -0.2) is 4.68 Å². The molecule has 2 aliphatic heterocycles. The van der Waals surface area contributed by atoms with Crippen molar-refractivity contribution in [2.24, 2.45) is 0 Å². The van der Waals surface area contributed by atoms with E-state index in [1.54, 1.807) is 10.7 Å². The van der Waals surface area contributed by atoms with Crippen molar-refractivity contribution in [1.29, 1.82) is 0 Å². The Hall–Kier alpha value is -1.89. The number of rotatable bonds is 2. The molecule has 2 N–H and O–H groups in total. The molecule has 1 aromatic heterocycles. The van der Waals surface area contributed by atoms with E-state index in [9.17, 15) is 9.59 Å². The van der Waals surface area contributed by atoms with Gasteiger partial charge in [-0.05, 0) is 0 Å². The van der Waals surface area contributed by atoms with E-state index in [2.05, 4.69) is 10.4 Å². The highest BCUT2D eigenvalue weighted by Crippen LogP contribution is 2.27. The lowest BCUT2D eigenvalue weighted by Crippen LogP contribution is -2.45. The molecule has 0 aromatic carbocycles. The van der Waals surface area contributed by atoms with Crippen molar-refractivity contribution >= 4 is 11.8 Å². The zero-order valence-corrected chi connectivity index (χ0v) is 9.63. The number of nitrogens with one attached hydrogen (secondary N) is 1. The maximum Gasteiger partial charge on any atom is 0.321 e. The number of fused-ring (bicyclic) bond motifs is 1. The molecule has 0 spiro atoms. The highest BCUT2D eigenvalue weighted by molar-refractivity contribution is 5.87. The van der Waals surface area contributed by atoms with Crippen molar-refractivity contribution in [3.8, 4) is 5.88 Å². The van der Waals surface area contributed by atoms with Crippen LogP contribution < -0.4 is 10.1 Å². The maximum atomic E-state index is 11.6. The lowest BCUT2D eigenvalue weighted by molar-refractivity contribution is -0.143. The number of ketones is 1. The van der Waals surface area contributed by atoms with Gasteiger partial charge in [-0.2, -0.15) is 5.10 Å². The number of carboxylic acid groups (broad SMARTS) is 1. The first-order valence-corrected chi connectivity index (χ1v) is 5.84. The van der Waals surface area contributed by atoms with Crippen LogP contribution in [0.4, 0.5) is 0 Å². The molecule has 3 rings (SSSR count). The molecule has 3 heterocycles. The van der Waals surface area contributed by atoms with Gasteiger partial charge in [-0.3, -0.25) is 14.9 Å². The maximum absolute atomic E-state index is 11.6. The Morgan fingerprint density at radius 3 is 3.11 bits per heavy atom. The van der Waals surface area contributed by atoms with Crippen molar-refractivity contribution in [2.75, 3.05) is 6.61 Å². The summed E-state index contributed by atoms with van der Waals surface area (Å²) in [4.78, 5) is 22.5. The van der Waals surface area contributed by atoms with Crippen LogP contribution in [0.15, 0.2) is 6.07 Å². The molecule has 0 saturated carbocycles. The van der Waals surface area contributed by atoms with Crippen LogP contribution in [0.25, 0.3) is 0 Å². The first-order chi connectivity index (χ1) is 8.63. The summed E-state index contributed by atoms with van der Waals surface area (Å²) >= 11 is 0. The summed E-state index contributed by atoms with van der Waals surface area (Å²) in [6.07, 6.45) is 0.316. The van der Waals surface area contributed by atoms with E-state index in [0.29, 0.717) is 24.7 Å². The molecular weight excluding hydrogens is 238 g/mol. The van der Waals surface area contributed by atoms with Gasteiger partial charge >= 0.3 is 5.97 Å². The van der Waals surface area contributed by atoms with Gasteiger partial charge in [0.15, 0.2) is 0 Å². The molecule has 2 unspecified atom stereocenters. The highest BCUT2D eigenvalue weighted by Gasteiger charge is 2.33. The summed E-state index contributed by atoms with van der Waals surface area (Å²) in [6, 6.07) is 0.602. The van der Waals surface area contributed by atoms with Crippen molar-refractivity contribution < 1.29 is 19.4 Å². The van der Waals surface area contributed by atoms with Gasteiger partial charge in [0.2, 0.25) is 5.88 Å². The van der Waals surface area contributed by atoms with Crippen molar-refractivity contribution in [3.63, 3.8) is 0 Å². The Morgan fingerprint density at radius 1 is 1.56 bits per heavy atom. The number of aromatic nitrogens is 2. The fourth-order valence-electron chi connectivity index (χ4n) is 2.35. The minimum absolute atomic E-state index is 0.0376. The largest absolute Gasteiger partial charge is 0.480 e. The third-order valence-electron chi connectivity index (χ3n) is 3.24. The minimum atomic E-state index is -1.00. The Bertz CT molecular complexity index is 489. The standard InChI is InChI=1S/C11H13N3O4/c15-6-3-7(12-9(4-6)11(16)17)8-5-10-14(13-8)1-2-18-10/h5,7,9,12H,1-4H2,(H,16,17). The number of carbonyl (C=O) groups excluding carboxylic acids is 1. The topological polar surface area (TPSA) is 93.5 Å². The molecule has 7 heteroatoms. The lowest BCUT2D eigenvalue weighted by Gasteiger charge is -2.26. The second kappa shape index (κ2) is 4.09. The number of carboxylic acids is 1. The van der Waals surface area contributed by atoms with E-state index in [1.165, 1.54) is 0 Å². The van der Waals surface area contributed by atoms with Crippen LogP contribution in [0.5, 0.6) is 5.88 Å². The van der Waals surface area contributed by atoms with Gasteiger partial charge in [-0.1, -0.05) is 0 Å². The summed E-state index contributed by atoms with van der Waals surface area (Å²) in [5.74, 6) is -0.382. The molecule has 1 fully saturated rings. The van der Waals surface area contributed by atoms with Crippen molar-refractivity contribution in [2.45, 2.75) is 31.5 Å². The summed E-state index contributed by atoms with van der Waals surface area (Å²) in [5.41, 5.74) is 0.670. The molecule has 1 aromatic rings. The fraction of sp³-hybridized carbons (Fsp3) is 0.545. The molecule has 96 valence electrons. The van der Waals surface area contributed by atoms with Crippen LogP contribution in [-0.4, -0.2) is 39.3 Å². The van der Waals surface area contributed by atoms with Crippen LogP contribution in [0.1, 0.15) is 24.6 Å². The number of carbonyl (C=O) groups is 2. The number of Topliss-reactive ketones (excluding diaryl/α,β-unsaturated/α-hetero) is 1. The number of aliphatic carboxylic acids is 1. The zero-order valence-electron chi connectivity index (χ0n) is 9.63. The molecule has 18 heavy (non-hydrogen) atoms. The molecule has 7 nitrogen and oxygen atoms in total. The van der Waals surface area contributed by atoms with Gasteiger partial charge in [0.1, 0.15) is 18.4 Å². The van der Waals surface area contributed by atoms with Crippen molar-refractivity contribution in [1.82, 2.24) is 15.1 Å². The molecule has 1 saturated heterocycles. The minimum Gasteiger partial charge on any atom is -0.480 e. The Morgan fingerprint density at radius 2 is 2.39 bits per heavy atom. The smallest absolute Gasteiger partial charge is 0.321 e. The number of nitrogens with zero attached hydrogens (tertiary/aromatic N) is 2. The molecule has 0 aliphatic carbocycles.